The number of fused-ring (bicyclic) bond motifs is 1. The van der Waals surface area contributed by atoms with Gasteiger partial charge in [0.15, 0.2) is 11.0 Å². The van der Waals surface area contributed by atoms with E-state index >= 15 is 0 Å². The van der Waals surface area contributed by atoms with Gasteiger partial charge < -0.3 is 20.3 Å². The summed E-state index contributed by atoms with van der Waals surface area (Å²) in [4.78, 5) is 29.5. The number of amides is 1. The zero-order valence-electron chi connectivity index (χ0n) is 17.5. The number of carbonyl (C=O) groups is 1. The lowest BCUT2D eigenvalue weighted by Gasteiger charge is -2.37. The fourth-order valence-corrected chi connectivity index (χ4v) is 3.77. The second-order valence-corrected chi connectivity index (χ2v) is 8.03. The quantitative estimate of drug-likeness (QED) is 0.719. The number of pyridine rings is 1. The van der Waals surface area contributed by atoms with Gasteiger partial charge in [-0.1, -0.05) is 25.4 Å². The Balaban J connectivity index is 2.01. The van der Waals surface area contributed by atoms with Gasteiger partial charge in [0.2, 0.25) is 11.9 Å². The molecule has 0 aromatic carbocycles. The highest BCUT2D eigenvalue weighted by Crippen LogP contribution is 2.39. The third-order valence-corrected chi connectivity index (χ3v) is 5.32. The molecule has 0 saturated heterocycles. The maximum atomic E-state index is 13.0. The SMILES string of the molecule is COc1c(C)cnc(CN2CC(=O)N(CCC(C)C)c3c(Cl)nc(N)nc32)c1C. The topological polar surface area (TPSA) is 97.5 Å². The van der Waals surface area contributed by atoms with Crippen LogP contribution in [0.2, 0.25) is 5.15 Å². The second-order valence-electron chi connectivity index (χ2n) is 7.67. The van der Waals surface area contributed by atoms with Crippen molar-refractivity contribution in [2.45, 2.75) is 40.7 Å². The van der Waals surface area contributed by atoms with Gasteiger partial charge in [-0.15, -0.1) is 0 Å². The van der Waals surface area contributed by atoms with Gasteiger partial charge in [0.1, 0.15) is 11.4 Å². The molecule has 3 rings (SSSR count). The number of nitrogen functional groups attached to an aromatic ring is 1. The first-order valence-corrected chi connectivity index (χ1v) is 9.98. The van der Waals surface area contributed by atoms with E-state index in [2.05, 4.69) is 28.8 Å². The molecule has 156 valence electrons. The smallest absolute Gasteiger partial charge is 0.246 e. The maximum Gasteiger partial charge on any atom is 0.246 e. The molecule has 3 heterocycles. The van der Waals surface area contributed by atoms with E-state index in [0.717, 1.165) is 29.0 Å². The molecule has 8 nitrogen and oxygen atoms in total. The van der Waals surface area contributed by atoms with E-state index in [-0.39, 0.29) is 23.6 Å². The molecular weight excluding hydrogens is 392 g/mol. The van der Waals surface area contributed by atoms with Gasteiger partial charge in [-0.05, 0) is 26.2 Å². The monoisotopic (exact) mass is 418 g/mol. The van der Waals surface area contributed by atoms with Crippen LogP contribution in [0.1, 0.15) is 37.1 Å². The third-order valence-electron chi connectivity index (χ3n) is 5.06. The summed E-state index contributed by atoms with van der Waals surface area (Å²) in [5.41, 5.74) is 9.06. The van der Waals surface area contributed by atoms with Crippen LogP contribution in [0.4, 0.5) is 17.5 Å². The lowest BCUT2D eigenvalue weighted by Crippen LogP contribution is -2.47. The van der Waals surface area contributed by atoms with Crippen LogP contribution in [-0.4, -0.2) is 41.1 Å². The Bertz CT molecular complexity index is 934. The normalized spacial score (nSPS) is 13.8. The molecule has 0 unspecified atom stereocenters. The van der Waals surface area contributed by atoms with E-state index in [0.29, 0.717) is 30.5 Å². The number of hydrogen-bond acceptors (Lipinski definition) is 7. The van der Waals surface area contributed by atoms with Gasteiger partial charge in [0.05, 0.1) is 25.9 Å². The molecule has 2 aromatic rings. The van der Waals surface area contributed by atoms with E-state index in [1.165, 1.54) is 0 Å². The van der Waals surface area contributed by atoms with Crippen LogP contribution in [-0.2, 0) is 11.3 Å². The number of nitrogens with zero attached hydrogens (tertiary/aromatic N) is 5. The van der Waals surface area contributed by atoms with Crippen LogP contribution < -0.4 is 20.3 Å². The molecular formula is C20H27ClN6O2. The number of carbonyl (C=O) groups excluding carboxylic acids is 1. The molecule has 1 amide bonds. The number of ether oxygens (including phenoxy) is 1. The zero-order chi connectivity index (χ0) is 21.3. The van der Waals surface area contributed by atoms with E-state index < -0.39 is 0 Å². The molecule has 0 atom stereocenters. The number of aromatic nitrogens is 3. The standard InChI is InChI=1S/C20H27ClN6O2/c1-11(2)6-7-27-15(28)10-26(19-16(27)18(21)24-20(22)25-19)9-14-13(4)17(29-5)12(3)8-23-14/h8,11H,6-7,9-10H2,1-5H3,(H2,22,24,25). The van der Waals surface area contributed by atoms with E-state index in [4.69, 9.17) is 22.1 Å². The third kappa shape index (κ3) is 4.22. The molecule has 0 fully saturated rings. The molecule has 0 bridgehead atoms. The summed E-state index contributed by atoms with van der Waals surface area (Å²) in [7, 11) is 1.64. The summed E-state index contributed by atoms with van der Waals surface area (Å²) in [6.07, 6.45) is 2.62. The van der Waals surface area contributed by atoms with Crippen molar-refractivity contribution < 1.29 is 9.53 Å². The summed E-state index contributed by atoms with van der Waals surface area (Å²) in [5.74, 6) is 1.81. The lowest BCUT2D eigenvalue weighted by molar-refractivity contribution is -0.117. The summed E-state index contributed by atoms with van der Waals surface area (Å²) in [6.45, 7) is 9.23. The van der Waals surface area contributed by atoms with Gasteiger partial charge >= 0.3 is 0 Å². The first-order valence-electron chi connectivity index (χ1n) is 9.60. The number of halogens is 1. The summed E-state index contributed by atoms with van der Waals surface area (Å²) in [6, 6.07) is 0. The highest BCUT2D eigenvalue weighted by molar-refractivity contribution is 6.33. The minimum atomic E-state index is -0.0508. The summed E-state index contributed by atoms with van der Waals surface area (Å²) in [5, 5.41) is 0.181. The summed E-state index contributed by atoms with van der Waals surface area (Å²) >= 11 is 6.40. The summed E-state index contributed by atoms with van der Waals surface area (Å²) < 4.78 is 5.51. The molecule has 0 radical (unpaired) electrons. The number of aryl methyl sites for hydroxylation is 1. The molecule has 0 spiro atoms. The van der Waals surface area contributed by atoms with Gasteiger partial charge in [-0.25, -0.2) is 0 Å². The van der Waals surface area contributed by atoms with Crippen molar-refractivity contribution in [1.29, 1.82) is 0 Å². The predicted molar refractivity (Wildman–Crippen MR) is 115 cm³/mol. The fourth-order valence-electron chi connectivity index (χ4n) is 3.50. The van der Waals surface area contributed by atoms with Crippen LogP contribution in [0.15, 0.2) is 6.20 Å². The maximum absolute atomic E-state index is 13.0. The molecule has 29 heavy (non-hydrogen) atoms. The van der Waals surface area contributed by atoms with Crippen molar-refractivity contribution in [3.8, 4) is 5.75 Å². The predicted octanol–water partition coefficient (Wildman–Crippen LogP) is 3.13. The van der Waals surface area contributed by atoms with Crippen LogP contribution >= 0.6 is 11.6 Å². The molecule has 0 saturated carbocycles. The Hall–Kier alpha value is -2.61. The zero-order valence-corrected chi connectivity index (χ0v) is 18.2. The van der Waals surface area contributed by atoms with Crippen molar-refractivity contribution >= 4 is 35.0 Å². The largest absolute Gasteiger partial charge is 0.496 e. The van der Waals surface area contributed by atoms with Gasteiger partial charge in [0, 0.05) is 23.9 Å². The lowest BCUT2D eigenvalue weighted by atomic mass is 10.1. The fraction of sp³-hybridized carbons (Fsp3) is 0.500. The van der Waals surface area contributed by atoms with Crippen molar-refractivity contribution in [1.82, 2.24) is 15.0 Å². The number of rotatable bonds is 6. The van der Waals surface area contributed by atoms with Crippen molar-refractivity contribution in [3.05, 3.63) is 28.2 Å². The number of hydrogen-bond donors (Lipinski definition) is 1. The molecule has 2 aromatic heterocycles. The van der Waals surface area contributed by atoms with Crippen LogP contribution in [0, 0.1) is 19.8 Å². The second kappa shape index (κ2) is 8.41. The first-order chi connectivity index (χ1) is 13.7. The van der Waals surface area contributed by atoms with Crippen molar-refractivity contribution in [2.75, 3.05) is 35.7 Å². The van der Waals surface area contributed by atoms with E-state index in [9.17, 15) is 4.79 Å². The van der Waals surface area contributed by atoms with E-state index in [1.807, 2.05) is 18.7 Å². The number of anilines is 3. The Kier molecular flexibility index (Phi) is 6.12. The Morgan fingerprint density at radius 3 is 2.69 bits per heavy atom. The molecule has 1 aliphatic heterocycles. The molecule has 2 N–H and O–H groups in total. The van der Waals surface area contributed by atoms with Gasteiger partial charge in [0.25, 0.3) is 0 Å². The molecule has 1 aliphatic rings. The van der Waals surface area contributed by atoms with Crippen LogP contribution in [0.25, 0.3) is 0 Å². The average molecular weight is 419 g/mol. The van der Waals surface area contributed by atoms with Crippen LogP contribution in [0.3, 0.4) is 0 Å². The average Bonchev–Trinajstić information content (AvgIpc) is 2.64. The Morgan fingerprint density at radius 2 is 2.03 bits per heavy atom. The van der Waals surface area contributed by atoms with E-state index in [1.54, 1.807) is 18.2 Å². The van der Waals surface area contributed by atoms with Crippen LogP contribution in [0.5, 0.6) is 5.75 Å². The van der Waals surface area contributed by atoms with Crippen molar-refractivity contribution in [2.24, 2.45) is 5.92 Å². The Morgan fingerprint density at radius 1 is 1.31 bits per heavy atom. The highest BCUT2D eigenvalue weighted by atomic mass is 35.5. The van der Waals surface area contributed by atoms with Gasteiger partial charge in [-0.2, -0.15) is 9.97 Å². The minimum absolute atomic E-state index is 0.0508. The Labute approximate surface area is 176 Å². The highest BCUT2D eigenvalue weighted by Gasteiger charge is 2.34. The molecule has 0 aliphatic carbocycles. The first kappa shape index (κ1) is 21.1. The number of nitrogens with two attached hydrogens (primary N) is 1. The minimum Gasteiger partial charge on any atom is -0.496 e. The molecule has 9 heteroatoms. The van der Waals surface area contributed by atoms with Gasteiger partial charge in [-0.3, -0.25) is 9.78 Å². The number of methoxy groups -OCH3 is 1. The van der Waals surface area contributed by atoms with Crippen molar-refractivity contribution in [3.63, 3.8) is 0 Å².